The molecule has 0 radical (unpaired) electrons. The second-order valence-corrected chi connectivity index (χ2v) is 5.68. The zero-order chi connectivity index (χ0) is 13.1. The molecule has 0 aliphatic carbocycles. The van der Waals surface area contributed by atoms with Crippen molar-refractivity contribution in [2.24, 2.45) is 0 Å². The number of amides is 2. The molecule has 7 heteroatoms. The number of urea groups is 1. The minimum atomic E-state index is -0.104. The van der Waals surface area contributed by atoms with E-state index in [-0.39, 0.29) is 18.4 Å². The van der Waals surface area contributed by atoms with Crippen molar-refractivity contribution >= 4 is 51.7 Å². The van der Waals surface area contributed by atoms with Crippen molar-refractivity contribution in [1.29, 1.82) is 0 Å². The highest BCUT2D eigenvalue weighted by Gasteiger charge is 2.20. The van der Waals surface area contributed by atoms with E-state index in [9.17, 15) is 4.79 Å². The molecule has 1 atom stereocenters. The van der Waals surface area contributed by atoms with Gasteiger partial charge in [-0.25, -0.2) is 4.79 Å². The molecule has 1 fully saturated rings. The zero-order valence-corrected chi connectivity index (χ0v) is 13.6. The number of piperazine rings is 1. The van der Waals surface area contributed by atoms with Gasteiger partial charge < -0.3 is 15.5 Å². The van der Waals surface area contributed by atoms with Gasteiger partial charge in [0.05, 0.1) is 10.7 Å². The van der Waals surface area contributed by atoms with Crippen molar-refractivity contribution in [3.8, 4) is 0 Å². The molecule has 1 saturated heterocycles. The van der Waals surface area contributed by atoms with E-state index in [4.69, 9.17) is 11.6 Å². The highest BCUT2D eigenvalue weighted by molar-refractivity contribution is 9.10. The summed E-state index contributed by atoms with van der Waals surface area (Å²) in [5.74, 6) is 0. The molecule has 1 aromatic rings. The molecule has 1 aliphatic rings. The largest absolute Gasteiger partial charge is 0.322 e. The van der Waals surface area contributed by atoms with Crippen LogP contribution in [0, 0.1) is 0 Å². The van der Waals surface area contributed by atoms with Crippen LogP contribution in [0.4, 0.5) is 10.5 Å². The predicted octanol–water partition coefficient (Wildman–Crippen LogP) is 3.35. The van der Waals surface area contributed by atoms with Crippen LogP contribution >= 0.6 is 39.9 Å². The Morgan fingerprint density at radius 1 is 1.58 bits per heavy atom. The zero-order valence-electron chi connectivity index (χ0n) is 10.5. The third-order valence-corrected chi connectivity index (χ3v) is 3.63. The Balaban J connectivity index is 0.00000180. The third kappa shape index (κ3) is 4.53. The summed E-state index contributed by atoms with van der Waals surface area (Å²) in [6.45, 7) is 4.30. The lowest BCUT2D eigenvalue weighted by Crippen LogP contribution is -2.52. The normalized spacial score (nSPS) is 18.7. The molecule has 0 aromatic heterocycles. The quantitative estimate of drug-likeness (QED) is 0.798. The number of rotatable bonds is 1. The lowest BCUT2D eigenvalue weighted by molar-refractivity contribution is 0.192. The van der Waals surface area contributed by atoms with Crippen LogP contribution in [0.1, 0.15) is 6.92 Å². The van der Waals surface area contributed by atoms with Crippen LogP contribution in [0.2, 0.25) is 5.02 Å². The van der Waals surface area contributed by atoms with Gasteiger partial charge in [-0.3, -0.25) is 0 Å². The van der Waals surface area contributed by atoms with Crippen molar-refractivity contribution < 1.29 is 4.79 Å². The van der Waals surface area contributed by atoms with Gasteiger partial charge in [-0.1, -0.05) is 27.5 Å². The maximum atomic E-state index is 12.1. The summed E-state index contributed by atoms with van der Waals surface area (Å²) in [4.78, 5) is 13.9. The topological polar surface area (TPSA) is 44.4 Å². The Kier molecular flexibility index (Phi) is 6.39. The maximum Gasteiger partial charge on any atom is 0.321 e. The smallest absolute Gasteiger partial charge is 0.321 e. The minimum Gasteiger partial charge on any atom is -0.322 e. The number of nitrogens with one attached hydrogen (secondary N) is 2. The summed E-state index contributed by atoms with van der Waals surface area (Å²) < 4.78 is 0.890. The van der Waals surface area contributed by atoms with Crippen molar-refractivity contribution in [3.63, 3.8) is 0 Å². The van der Waals surface area contributed by atoms with Crippen molar-refractivity contribution in [3.05, 3.63) is 27.7 Å². The highest BCUT2D eigenvalue weighted by atomic mass is 79.9. The maximum absolute atomic E-state index is 12.1. The van der Waals surface area contributed by atoms with Gasteiger partial charge in [0.15, 0.2) is 0 Å². The number of carbonyl (C=O) groups is 1. The predicted molar refractivity (Wildman–Crippen MR) is 84.5 cm³/mol. The van der Waals surface area contributed by atoms with E-state index in [1.165, 1.54) is 0 Å². The van der Waals surface area contributed by atoms with Crippen molar-refractivity contribution in [1.82, 2.24) is 10.2 Å². The Morgan fingerprint density at radius 2 is 2.32 bits per heavy atom. The number of halogens is 3. The summed E-state index contributed by atoms with van der Waals surface area (Å²) in [5.41, 5.74) is 0.635. The molecule has 2 N–H and O–H groups in total. The van der Waals surface area contributed by atoms with Gasteiger partial charge in [-0.05, 0) is 25.1 Å². The number of anilines is 1. The molecule has 1 aromatic carbocycles. The van der Waals surface area contributed by atoms with E-state index in [0.717, 1.165) is 11.0 Å². The second-order valence-electron chi connectivity index (χ2n) is 4.36. The molecule has 0 bridgehead atoms. The third-order valence-electron chi connectivity index (χ3n) is 2.83. The van der Waals surface area contributed by atoms with E-state index in [1.54, 1.807) is 17.0 Å². The molecule has 2 rings (SSSR count). The molecular formula is C12H16BrCl2N3O. The van der Waals surface area contributed by atoms with Gasteiger partial charge in [0.2, 0.25) is 0 Å². The number of benzene rings is 1. The molecule has 1 aliphatic heterocycles. The number of hydrogen-bond acceptors (Lipinski definition) is 2. The van der Waals surface area contributed by atoms with Crippen molar-refractivity contribution in [2.75, 3.05) is 25.0 Å². The molecule has 2 amide bonds. The Morgan fingerprint density at radius 3 is 2.95 bits per heavy atom. The van der Waals surface area contributed by atoms with E-state index in [2.05, 4.69) is 33.5 Å². The summed E-state index contributed by atoms with van der Waals surface area (Å²) in [7, 11) is 0. The standard InChI is InChI=1S/C12H15BrClN3O.ClH/c1-8-7-17(5-4-15-8)12(18)16-11-3-2-9(13)6-10(11)14;/h2-3,6,8,15H,4-5,7H2,1H3,(H,16,18);1H/t8-;/m1./s1. The average Bonchev–Trinajstić information content (AvgIpc) is 2.32. The van der Waals surface area contributed by atoms with Crippen LogP contribution in [0.25, 0.3) is 0 Å². The second kappa shape index (κ2) is 7.33. The molecule has 0 spiro atoms. The van der Waals surface area contributed by atoms with Crippen LogP contribution < -0.4 is 10.6 Å². The molecule has 0 saturated carbocycles. The van der Waals surface area contributed by atoms with E-state index < -0.39 is 0 Å². The van der Waals surface area contributed by atoms with Crippen LogP contribution in [0.15, 0.2) is 22.7 Å². The van der Waals surface area contributed by atoms with E-state index in [0.29, 0.717) is 29.8 Å². The Bertz CT molecular complexity index is 459. The van der Waals surface area contributed by atoms with Crippen LogP contribution in [-0.2, 0) is 0 Å². The number of nitrogens with zero attached hydrogens (tertiary/aromatic N) is 1. The van der Waals surface area contributed by atoms with E-state index >= 15 is 0 Å². The summed E-state index contributed by atoms with van der Waals surface area (Å²) in [6.07, 6.45) is 0. The fourth-order valence-electron chi connectivity index (χ4n) is 1.90. The van der Waals surface area contributed by atoms with Crippen LogP contribution in [-0.4, -0.2) is 36.6 Å². The summed E-state index contributed by atoms with van der Waals surface area (Å²) in [5, 5.41) is 6.66. The molecule has 1 heterocycles. The summed E-state index contributed by atoms with van der Waals surface area (Å²) in [6, 6.07) is 5.62. The first kappa shape index (κ1) is 16.6. The lowest BCUT2D eigenvalue weighted by atomic mass is 10.2. The fraction of sp³-hybridized carbons (Fsp3) is 0.417. The monoisotopic (exact) mass is 367 g/mol. The fourth-order valence-corrected chi connectivity index (χ4v) is 2.62. The molecule has 106 valence electrons. The van der Waals surface area contributed by atoms with Gasteiger partial charge in [0.1, 0.15) is 0 Å². The highest BCUT2D eigenvalue weighted by Crippen LogP contribution is 2.25. The average molecular weight is 369 g/mol. The van der Waals surface area contributed by atoms with Gasteiger partial charge in [-0.15, -0.1) is 12.4 Å². The first-order valence-electron chi connectivity index (χ1n) is 5.80. The summed E-state index contributed by atoms with van der Waals surface area (Å²) >= 11 is 9.40. The van der Waals surface area contributed by atoms with Gasteiger partial charge in [-0.2, -0.15) is 0 Å². The molecular weight excluding hydrogens is 353 g/mol. The van der Waals surface area contributed by atoms with E-state index in [1.807, 2.05) is 6.07 Å². The number of hydrogen-bond donors (Lipinski definition) is 2. The van der Waals surface area contributed by atoms with Gasteiger partial charge in [0, 0.05) is 30.1 Å². The van der Waals surface area contributed by atoms with Crippen molar-refractivity contribution in [2.45, 2.75) is 13.0 Å². The van der Waals surface area contributed by atoms with Crippen LogP contribution in [0.5, 0.6) is 0 Å². The molecule has 19 heavy (non-hydrogen) atoms. The molecule has 4 nitrogen and oxygen atoms in total. The first-order chi connectivity index (χ1) is 8.56. The first-order valence-corrected chi connectivity index (χ1v) is 6.97. The molecule has 0 unspecified atom stereocenters. The minimum absolute atomic E-state index is 0. The number of carbonyl (C=O) groups excluding carboxylic acids is 1. The van der Waals surface area contributed by atoms with Gasteiger partial charge >= 0.3 is 6.03 Å². The van der Waals surface area contributed by atoms with Gasteiger partial charge in [0.25, 0.3) is 0 Å². The Hall–Kier alpha value is -0.490. The van der Waals surface area contributed by atoms with Crippen LogP contribution in [0.3, 0.4) is 0 Å². The lowest BCUT2D eigenvalue weighted by Gasteiger charge is -2.31. The SMILES string of the molecule is C[C@@H]1CN(C(=O)Nc2ccc(Br)cc2Cl)CCN1.Cl. The Labute approximate surface area is 132 Å².